The highest BCUT2D eigenvalue weighted by atomic mass is 32.2. The number of phenols is 1. The second-order valence-electron chi connectivity index (χ2n) is 9.84. The lowest BCUT2D eigenvalue weighted by atomic mass is 9.95. The molecule has 0 aliphatic carbocycles. The summed E-state index contributed by atoms with van der Waals surface area (Å²) in [5.41, 5.74) is 0.553. The quantitative estimate of drug-likeness (QED) is 0.190. The molecule has 0 radical (unpaired) electrons. The zero-order chi connectivity index (χ0) is 28.9. The number of carbonyl (C=O) groups excluding carboxylic acids is 2. The summed E-state index contributed by atoms with van der Waals surface area (Å²) in [6, 6.07) is 9.29. The third kappa shape index (κ3) is 6.01. The fraction of sp³-hybridized carbons (Fsp3) is 0.448. The number of likely N-dealkylation sites (tertiary alicyclic amines) is 1. The Morgan fingerprint density at radius 3 is 2.33 bits per heavy atom. The fourth-order valence-corrected chi connectivity index (χ4v) is 6.70. The van der Waals surface area contributed by atoms with Gasteiger partial charge in [-0.1, -0.05) is 18.9 Å². The molecule has 2 aromatic carbocycles. The average molecular weight is 573 g/mol. The third-order valence-corrected chi connectivity index (χ3v) is 9.13. The Kier molecular flexibility index (Phi) is 9.49. The Bertz CT molecular complexity index is 1360. The highest BCUT2D eigenvalue weighted by molar-refractivity contribution is 7.89. The summed E-state index contributed by atoms with van der Waals surface area (Å²) in [6.07, 6.45) is 4.07. The zero-order valence-corrected chi connectivity index (χ0v) is 23.7. The van der Waals surface area contributed by atoms with Crippen molar-refractivity contribution in [2.75, 3.05) is 40.0 Å². The second kappa shape index (κ2) is 12.8. The molecule has 0 bridgehead atoms. The summed E-state index contributed by atoms with van der Waals surface area (Å²) in [7, 11) is -2.16. The van der Waals surface area contributed by atoms with Crippen LogP contribution in [0.25, 0.3) is 5.76 Å². The molecule has 2 aliphatic heterocycles. The van der Waals surface area contributed by atoms with Gasteiger partial charge in [-0.3, -0.25) is 9.59 Å². The molecule has 2 fully saturated rings. The third-order valence-electron chi connectivity index (χ3n) is 7.22. The number of aliphatic hydroxyl groups excluding tert-OH is 1. The van der Waals surface area contributed by atoms with Crippen molar-refractivity contribution >= 4 is 27.5 Å². The van der Waals surface area contributed by atoms with Crippen molar-refractivity contribution < 1.29 is 37.7 Å². The van der Waals surface area contributed by atoms with E-state index >= 15 is 0 Å². The largest absolute Gasteiger partial charge is 0.507 e. The highest BCUT2D eigenvalue weighted by Crippen LogP contribution is 2.42. The average Bonchev–Trinajstić information content (AvgIpc) is 3.13. The summed E-state index contributed by atoms with van der Waals surface area (Å²) < 4.78 is 38.5. The van der Waals surface area contributed by atoms with Crippen molar-refractivity contribution in [3.8, 4) is 11.5 Å². The molecule has 1 unspecified atom stereocenters. The van der Waals surface area contributed by atoms with Crippen LogP contribution in [0, 0.1) is 0 Å². The number of aliphatic hydroxyl groups is 1. The van der Waals surface area contributed by atoms with Crippen LogP contribution in [-0.4, -0.2) is 79.5 Å². The normalized spacial score (nSPS) is 20.1. The van der Waals surface area contributed by atoms with E-state index < -0.39 is 33.5 Å². The predicted molar refractivity (Wildman–Crippen MR) is 148 cm³/mol. The van der Waals surface area contributed by atoms with Crippen LogP contribution in [0.4, 0.5) is 0 Å². The Morgan fingerprint density at radius 1 is 1.02 bits per heavy atom. The van der Waals surface area contributed by atoms with Gasteiger partial charge in [-0.25, -0.2) is 8.42 Å². The van der Waals surface area contributed by atoms with E-state index in [1.54, 1.807) is 19.1 Å². The number of ether oxygens (including phenoxy) is 2. The van der Waals surface area contributed by atoms with Gasteiger partial charge in [0.1, 0.15) is 5.76 Å². The van der Waals surface area contributed by atoms with E-state index in [1.807, 2.05) is 0 Å². The van der Waals surface area contributed by atoms with E-state index in [9.17, 15) is 28.2 Å². The molecule has 2 aliphatic rings. The number of aromatic hydroxyl groups is 1. The van der Waals surface area contributed by atoms with Crippen molar-refractivity contribution in [2.24, 2.45) is 0 Å². The van der Waals surface area contributed by atoms with Crippen LogP contribution in [0.2, 0.25) is 0 Å². The molecular formula is C29H36N2O8S. The van der Waals surface area contributed by atoms with Crippen LogP contribution in [0.1, 0.15) is 56.2 Å². The number of hydrogen-bond donors (Lipinski definition) is 2. The molecule has 0 aromatic heterocycles. The van der Waals surface area contributed by atoms with E-state index in [0.717, 1.165) is 25.7 Å². The van der Waals surface area contributed by atoms with Crippen molar-refractivity contribution in [3.05, 3.63) is 59.2 Å². The highest BCUT2D eigenvalue weighted by Gasteiger charge is 2.46. The number of rotatable bonds is 10. The lowest BCUT2D eigenvalue weighted by Gasteiger charge is -2.26. The first-order valence-corrected chi connectivity index (χ1v) is 15.0. The smallest absolute Gasteiger partial charge is 0.295 e. The van der Waals surface area contributed by atoms with Crippen molar-refractivity contribution in [1.82, 2.24) is 9.21 Å². The van der Waals surface area contributed by atoms with Crippen LogP contribution in [0.3, 0.4) is 0 Å². The molecule has 4 rings (SSSR count). The summed E-state index contributed by atoms with van der Waals surface area (Å²) in [6.45, 7) is 3.54. The predicted octanol–water partition coefficient (Wildman–Crippen LogP) is 3.81. The summed E-state index contributed by atoms with van der Waals surface area (Å²) in [5, 5.41) is 21.6. The van der Waals surface area contributed by atoms with Gasteiger partial charge in [0.2, 0.25) is 10.0 Å². The maximum atomic E-state index is 13.3. The van der Waals surface area contributed by atoms with Crippen molar-refractivity contribution in [1.29, 1.82) is 0 Å². The molecule has 1 amide bonds. The second-order valence-corrected chi connectivity index (χ2v) is 11.8. The zero-order valence-electron chi connectivity index (χ0n) is 22.8. The number of hydrogen-bond acceptors (Lipinski definition) is 8. The van der Waals surface area contributed by atoms with E-state index in [2.05, 4.69) is 0 Å². The van der Waals surface area contributed by atoms with Gasteiger partial charge in [0.05, 0.1) is 23.1 Å². The lowest BCUT2D eigenvalue weighted by molar-refractivity contribution is -0.140. The monoisotopic (exact) mass is 572 g/mol. The standard InChI is InChI=1S/C29H36N2O8S/c1-3-39-24-19-21(11-14-23(24)32)26-25(28(34)29(35)31(26)17-8-18-38-2)27(33)20-9-12-22(13-10-20)40(36,37)30-15-6-4-5-7-16-30/h9-14,19,26,32-33H,3-8,15-18H2,1-2H3. The Balaban J connectivity index is 1.74. The van der Waals surface area contributed by atoms with Gasteiger partial charge in [-0.2, -0.15) is 4.31 Å². The molecule has 2 aromatic rings. The maximum absolute atomic E-state index is 13.3. The SMILES string of the molecule is CCOc1cc(C2C(=C(O)c3ccc(S(=O)(=O)N4CCCCCC4)cc3)C(=O)C(=O)N2CCCOC)ccc1O. The Hall–Kier alpha value is -3.41. The van der Waals surface area contributed by atoms with Gasteiger partial charge in [0, 0.05) is 38.9 Å². The first-order valence-electron chi connectivity index (χ1n) is 13.5. The van der Waals surface area contributed by atoms with Crippen molar-refractivity contribution in [2.45, 2.75) is 50.0 Å². The molecule has 216 valence electrons. The topological polar surface area (TPSA) is 134 Å². The summed E-state index contributed by atoms with van der Waals surface area (Å²) in [5.74, 6) is -1.95. The number of nitrogens with zero attached hydrogens (tertiary/aromatic N) is 2. The molecule has 11 heteroatoms. The first kappa shape index (κ1) is 29.6. The van der Waals surface area contributed by atoms with Crippen LogP contribution >= 0.6 is 0 Å². The van der Waals surface area contributed by atoms with Gasteiger partial charge < -0.3 is 24.6 Å². The van der Waals surface area contributed by atoms with Crippen molar-refractivity contribution in [3.63, 3.8) is 0 Å². The molecule has 2 heterocycles. The number of phenolic OH excluding ortho intramolecular Hbond substituents is 1. The number of Topliss-reactive ketones (excluding diaryl/α,β-unsaturated/α-hetero) is 1. The van der Waals surface area contributed by atoms with Crippen LogP contribution in [0.15, 0.2) is 52.9 Å². The van der Waals surface area contributed by atoms with E-state index in [4.69, 9.17) is 9.47 Å². The van der Waals surface area contributed by atoms with Crippen LogP contribution in [0.5, 0.6) is 11.5 Å². The molecule has 0 saturated carbocycles. The lowest BCUT2D eigenvalue weighted by Crippen LogP contribution is -2.31. The molecule has 40 heavy (non-hydrogen) atoms. The molecular weight excluding hydrogens is 536 g/mol. The number of sulfonamides is 1. The minimum absolute atomic E-state index is 0.0943. The molecule has 1 atom stereocenters. The summed E-state index contributed by atoms with van der Waals surface area (Å²) in [4.78, 5) is 27.9. The van der Waals surface area contributed by atoms with Crippen LogP contribution in [-0.2, 0) is 24.3 Å². The molecule has 0 spiro atoms. The number of methoxy groups -OCH3 is 1. The number of benzene rings is 2. The van der Waals surface area contributed by atoms with Gasteiger partial charge in [0.25, 0.3) is 11.7 Å². The van der Waals surface area contributed by atoms with E-state index in [-0.39, 0.29) is 40.7 Å². The minimum atomic E-state index is -3.70. The van der Waals surface area contributed by atoms with Crippen LogP contribution < -0.4 is 4.74 Å². The van der Waals surface area contributed by atoms with E-state index in [0.29, 0.717) is 31.7 Å². The first-order chi connectivity index (χ1) is 19.2. The Labute approximate surface area is 234 Å². The Morgan fingerprint density at radius 2 is 1.70 bits per heavy atom. The van der Waals surface area contributed by atoms with Gasteiger partial charge in [-0.15, -0.1) is 0 Å². The van der Waals surface area contributed by atoms with E-state index in [1.165, 1.54) is 46.6 Å². The van der Waals surface area contributed by atoms with Gasteiger partial charge in [0.15, 0.2) is 11.5 Å². The number of amides is 1. The molecule has 2 N–H and O–H groups in total. The number of carbonyl (C=O) groups is 2. The minimum Gasteiger partial charge on any atom is -0.507 e. The number of ketones is 1. The fourth-order valence-electron chi connectivity index (χ4n) is 5.18. The molecule has 2 saturated heterocycles. The maximum Gasteiger partial charge on any atom is 0.295 e. The van der Waals surface area contributed by atoms with Gasteiger partial charge >= 0.3 is 0 Å². The summed E-state index contributed by atoms with van der Waals surface area (Å²) >= 11 is 0. The molecule has 10 nitrogen and oxygen atoms in total. The van der Waals surface area contributed by atoms with Gasteiger partial charge in [-0.05, 0) is 68.1 Å².